The Kier molecular flexibility index (Phi) is 6.27. The molecule has 1 heterocycles. The second-order valence-electron chi connectivity index (χ2n) is 7.36. The van der Waals surface area contributed by atoms with Crippen LogP contribution in [0.25, 0.3) is 0 Å². The quantitative estimate of drug-likeness (QED) is 0.624. The molecule has 0 spiro atoms. The van der Waals surface area contributed by atoms with Crippen LogP contribution in [0.1, 0.15) is 50.2 Å². The summed E-state index contributed by atoms with van der Waals surface area (Å²) in [6, 6.07) is 11.0. The Hall–Kier alpha value is -2.50. The summed E-state index contributed by atoms with van der Waals surface area (Å²) in [5.41, 5.74) is 1.08. The van der Waals surface area contributed by atoms with Gasteiger partial charge in [-0.2, -0.15) is 0 Å². The fourth-order valence-electron chi connectivity index (χ4n) is 3.57. The lowest BCUT2D eigenvalue weighted by molar-refractivity contribution is -0.117. The van der Waals surface area contributed by atoms with E-state index in [-0.39, 0.29) is 29.1 Å². The van der Waals surface area contributed by atoms with E-state index in [0.717, 1.165) is 17.7 Å². The van der Waals surface area contributed by atoms with Crippen molar-refractivity contribution in [2.24, 2.45) is 0 Å². The van der Waals surface area contributed by atoms with Crippen LogP contribution < -0.4 is 9.64 Å². The number of carbonyl (C=O) groups excluding carboxylic acids is 1. The highest BCUT2D eigenvalue weighted by molar-refractivity contribution is 5.76. The average molecular weight is 391 g/mol. The maximum absolute atomic E-state index is 14.1. The molecular formula is C22H24F3NO2. The number of ketones is 1. The summed E-state index contributed by atoms with van der Waals surface area (Å²) in [5, 5.41) is 0. The Balaban J connectivity index is 1.62. The zero-order chi connectivity index (χ0) is 20.3. The van der Waals surface area contributed by atoms with Crippen molar-refractivity contribution in [3.63, 3.8) is 0 Å². The molecule has 1 fully saturated rings. The molecule has 1 aliphatic heterocycles. The van der Waals surface area contributed by atoms with Crippen LogP contribution in [0.15, 0.2) is 42.5 Å². The van der Waals surface area contributed by atoms with Gasteiger partial charge in [0.15, 0.2) is 0 Å². The molecule has 2 aromatic carbocycles. The third kappa shape index (κ3) is 4.86. The van der Waals surface area contributed by atoms with E-state index in [0.29, 0.717) is 31.7 Å². The Morgan fingerprint density at radius 3 is 2.50 bits per heavy atom. The van der Waals surface area contributed by atoms with Crippen LogP contribution in [-0.2, 0) is 4.79 Å². The van der Waals surface area contributed by atoms with E-state index in [4.69, 9.17) is 4.74 Å². The number of carbonyl (C=O) groups is 1. The van der Waals surface area contributed by atoms with Crippen molar-refractivity contribution in [3.05, 3.63) is 59.4 Å². The zero-order valence-electron chi connectivity index (χ0n) is 16.0. The minimum atomic E-state index is -2.63. The van der Waals surface area contributed by atoms with E-state index in [2.05, 4.69) is 0 Å². The Morgan fingerprint density at radius 2 is 1.86 bits per heavy atom. The number of benzene rings is 2. The second kappa shape index (κ2) is 8.67. The van der Waals surface area contributed by atoms with Crippen molar-refractivity contribution in [1.82, 2.24) is 0 Å². The van der Waals surface area contributed by atoms with E-state index in [1.165, 1.54) is 6.07 Å². The van der Waals surface area contributed by atoms with Crippen molar-refractivity contribution >= 4 is 11.5 Å². The molecule has 6 heteroatoms. The molecular weight excluding hydrogens is 367 g/mol. The topological polar surface area (TPSA) is 29.5 Å². The molecule has 0 N–H and O–H groups in total. The Bertz CT molecular complexity index is 823. The summed E-state index contributed by atoms with van der Waals surface area (Å²) >= 11 is 0. The van der Waals surface area contributed by atoms with Crippen molar-refractivity contribution in [1.29, 1.82) is 0 Å². The molecule has 2 atom stereocenters. The minimum Gasteiger partial charge on any atom is -0.489 e. The molecule has 1 saturated heterocycles. The molecule has 0 radical (unpaired) electrons. The van der Waals surface area contributed by atoms with Gasteiger partial charge in [-0.05, 0) is 42.7 Å². The van der Waals surface area contributed by atoms with E-state index >= 15 is 0 Å². The van der Waals surface area contributed by atoms with Gasteiger partial charge in [0.1, 0.15) is 23.5 Å². The van der Waals surface area contributed by atoms with Crippen molar-refractivity contribution in [3.8, 4) is 5.75 Å². The number of nitrogens with zero attached hydrogens (tertiary/aromatic N) is 1. The van der Waals surface area contributed by atoms with Crippen molar-refractivity contribution in [2.75, 3.05) is 18.0 Å². The van der Waals surface area contributed by atoms with E-state index < -0.39 is 12.2 Å². The number of Topliss-reactive ketones (excluding diaryl/α,β-unsaturated/α-hetero) is 1. The maximum atomic E-state index is 14.1. The Labute approximate surface area is 163 Å². The highest BCUT2D eigenvalue weighted by atomic mass is 19.3. The molecule has 150 valence electrons. The van der Waals surface area contributed by atoms with E-state index in [1.807, 2.05) is 31.2 Å². The number of rotatable bonds is 7. The summed E-state index contributed by atoms with van der Waals surface area (Å²) in [6.45, 7) is 4.57. The first kappa shape index (κ1) is 20.2. The van der Waals surface area contributed by atoms with Crippen molar-refractivity contribution in [2.45, 2.75) is 45.1 Å². The third-order valence-corrected chi connectivity index (χ3v) is 5.05. The molecule has 1 aliphatic rings. The van der Waals surface area contributed by atoms with Gasteiger partial charge in [-0.25, -0.2) is 13.2 Å². The monoisotopic (exact) mass is 391 g/mol. The minimum absolute atomic E-state index is 0.143. The van der Waals surface area contributed by atoms with E-state index in [1.54, 1.807) is 11.8 Å². The van der Waals surface area contributed by atoms with Crippen LogP contribution in [0.5, 0.6) is 5.75 Å². The number of hydrogen-bond donors (Lipinski definition) is 0. The van der Waals surface area contributed by atoms with Crippen LogP contribution in [0.3, 0.4) is 0 Å². The lowest BCUT2D eigenvalue weighted by atomic mass is 9.96. The van der Waals surface area contributed by atoms with Gasteiger partial charge in [0.25, 0.3) is 6.43 Å². The van der Waals surface area contributed by atoms with E-state index in [9.17, 15) is 18.0 Å². The summed E-state index contributed by atoms with van der Waals surface area (Å²) in [5.74, 6) is 0.502. The number of ether oxygens (including phenoxy) is 1. The number of halogens is 3. The summed E-state index contributed by atoms with van der Waals surface area (Å²) in [4.78, 5) is 13.0. The highest BCUT2D eigenvalue weighted by Crippen LogP contribution is 2.30. The van der Waals surface area contributed by atoms with Gasteiger partial charge in [0, 0.05) is 24.9 Å². The van der Waals surface area contributed by atoms with Crippen LogP contribution in [-0.4, -0.2) is 25.0 Å². The van der Waals surface area contributed by atoms with Gasteiger partial charge in [-0.1, -0.05) is 25.1 Å². The van der Waals surface area contributed by atoms with Gasteiger partial charge in [-0.3, -0.25) is 0 Å². The van der Waals surface area contributed by atoms with Crippen LogP contribution >= 0.6 is 0 Å². The van der Waals surface area contributed by atoms with Crippen LogP contribution in [0, 0.1) is 5.82 Å². The molecule has 0 saturated carbocycles. The lowest BCUT2D eigenvalue weighted by Crippen LogP contribution is -2.25. The smallest absolute Gasteiger partial charge is 0.263 e. The molecule has 0 aromatic heterocycles. The fraction of sp³-hybridized carbons (Fsp3) is 0.409. The zero-order valence-corrected chi connectivity index (χ0v) is 16.0. The molecule has 3 nitrogen and oxygen atoms in total. The summed E-state index contributed by atoms with van der Waals surface area (Å²) in [6.07, 6.45) is -1.59. The molecule has 28 heavy (non-hydrogen) atoms. The van der Waals surface area contributed by atoms with Crippen LogP contribution in [0.4, 0.5) is 18.9 Å². The van der Waals surface area contributed by atoms with Gasteiger partial charge >= 0.3 is 0 Å². The third-order valence-electron chi connectivity index (χ3n) is 5.05. The largest absolute Gasteiger partial charge is 0.489 e. The predicted molar refractivity (Wildman–Crippen MR) is 103 cm³/mol. The predicted octanol–water partition coefficient (Wildman–Crippen LogP) is 5.50. The lowest BCUT2D eigenvalue weighted by Gasteiger charge is -2.20. The first-order chi connectivity index (χ1) is 13.3. The van der Waals surface area contributed by atoms with Gasteiger partial charge in [0.05, 0.1) is 12.2 Å². The molecule has 1 unspecified atom stereocenters. The maximum Gasteiger partial charge on any atom is 0.263 e. The number of hydrogen-bond acceptors (Lipinski definition) is 3. The molecule has 0 bridgehead atoms. The SMILES string of the molecule is CC(=O)C[C@@H](C)c1ccc(OC2CCN(c3cc(C(F)F)ccc3F)C2)cc1. The van der Waals surface area contributed by atoms with Gasteiger partial charge in [-0.15, -0.1) is 0 Å². The summed E-state index contributed by atoms with van der Waals surface area (Å²) in [7, 11) is 0. The molecule has 3 rings (SSSR count). The van der Waals surface area contributed by atoms with Crippen molar-refractivity contribution < 1.29 is 22.7 Å². The summed E-state index contributed by atoms with van der Waals surface area (Å²) < 4.78 is 45.9. The number of alkyl halides is 2. The normalized spacial score (nSPS) is 17.8. The molecule has 2 aromatic rings. The first-order valence-corrected chi connectivity index (χ1v) is 9.42. The molecule has 0 amide bonds. The van der Waals surface area contributed by atoms with Crippen LogP contribution in [0.2, 0.25) is 0 Å². The Morgan fingerprint density at radius 1 is 1.18 bits per heavy atom. The highest BCUT2D eigenvalue weighted by Gasteiger charge is 2.27. The second-order valence-corrected chi connectivity index (χ2v) is 7.36. The fourth-order valence-corrected chi connectivity index (χ4v) is 3.57. The average Bonchev–Trinajstić information content (AvgIpc) is 3.10. The standard InChI is InChI=1S/C22H24F3NO2/c1-14(11-15(2)27)16-3-6-18(7-4-16)28-19-9-10-26(13-19)21-12-17(22(24)25)5-8-20(21)23/h3-8,12,14,19,22H,9-11,13H2,1-2H3/t14-,19?/m1/s1. The molecule has 0 aliphatic carbocycles. The first-order valence-electron chi connectivity index (χ1n) is 9.42. The van der Waals surface area contributed by atoms with Gasteiger partial charge < -0.3 is 14.4 Å². The van der Waals surface area contributed by atoms with Gasteiger partial charge in [0.2, 0.25) is 0 Å². The number of anilines is 1.